The van der Waals surface area contributed by atoms with Crippen LogP contribution in [0.1, 0.15) is 25.7 Å². The first-order valence-electron chi connectivity index (χ1n) is 5.72. The minimum atomic E-state index is -2.93. The highest BCUT2D eigenvalue weighted by molar-refractivity contribution is 7.91. The highest BCUT2D eigenvalue weighted by Gasteiger charge is 2.41. The monoisotopic (exact) mass is 246 g/mol. The molecule has 2 rings (SSSR count). The Morgan fingerprint density at radius 1 is 1.12 bits per heavy atom. The van der Waals surface area contributed by atoms with Crippen molar-refractivity contribution in [2.24, 2.45) is 5.73 Å². The van der Waals surface area contributed by atoms with Crippen molar-refractivity contribution in [2.75, 3.05) is 24.6 Å². The third kappa shape index (κ3) is 2.22. The van der Waals surface area contributed by atoms with E-state index < -0.39 is 15.4 Å². The van der Waals surface area contributed by atoms with E-state index in [0.717, 1.165) is 25.7 Å². The van der Waals surface area contributed by atoms with Gasteiger partial charge in [-0.15, -0.1) is 0 Å². The molecule has 16 heavy (non-hydrogen) atoms. The van der Waals surface area contributed by atoms with Gasteiger partial charge in [0.2, 0.25) is 5.91 Å². The summed E-state index contributed by atoms with van der Waals surface area (Å²) in [4.78, 5) is 13.8. The van der Waals surface area contributed by atoms with Crippen LogP contribution in [0.3, 0.4) is 0 Å². The molecular formula is C10H18N2O3S. The summed E-state index contributed by atoms with van der Waals surface area (Å²) in [6.07, 6.45) is 3.45. The third-order valence-corrected chi connectivity index (χ3v) is 5.16. The van der Waals surface area contributed by atoms with Gasteiger partial charge in [0.05, 0.1) is 17.0 Å². The number of nitrogens with zero attached hydrogens (tertiary/aromatic N) is 1. The van der Waals surface area contributed by atoms with Crippen LogP contribution in [0.25, 0.3) is 0 Å². The van der Waals surface area contributed by atoms with Gasteiger partial charge in [-0.25, -0.2) is 8.42 Å². The molecule has 0 spiro atoms. The number of hydrogen-bond acceptors (Lipinski definition) is 4. The van der Waals surface area contributed by atoms with Crippen LogP contribution < -0.4 is 5.73 Å². The lowest BCUT2D eigenvalue weighted by Crippen LogP contribution is -2.56. The Kier molecular flexibility index (Phi) is 2.96. The van der Waals surface area contributed by atoms with E-state index in [1.54, 1.807) is 4.90 Å². The molecule has 0 unspecified atom stereocenters. The number of sulfone groups is 1. The maximum Gasteiger partial charge on any atom is 0.242 e. The first kappa shape index (κ1) is 11.9. The molecule has 2 fully saturated rings. The van der Waals surface area contributed by atoms with Crippen molar-refractivity contribution >= 4 is 15.7 Å². The van der Waals surface area contributed by atoms with Gasteiger partial charge in [-0.05, 0) is 12.8 Å². The molecule has 6 heteroatoms. The second-order valence-corrected chi connectivity index (χ2v) is 7.11. The normalized spacial score (nSPS) is 27.9. The van der Waals surface area contributed by atoms with Crippen molar-refractivity contribution in [1.82, 2.24) is 4.90 Å². The summed E-state index contributed by atoms with van der Waals surface area (Å²) in [5.74, 6) is 0.101. The Balaban J connectivity index is 2.01. The molecule has 1 aliphatic heterocycles. The van der Waals surface area contributed by atoms with Crippen LogP contribution in [0.4, 0.5) is 0 Å². The van der Waals surface area contributed by atoms with Crippen LogP contribution in [0.2, 0.25) is 0 Å². The van der Waals surface area contributed by atoms with Gasteiger partial charge < -0.3 is 10.6 Å². The van der Waals surface area contributed by atoms with E-state index in [4.69, 9.17) is 5.73 Å². The lowest BCUT2D eigenvalue weighted by atomic mass is 9.97. The quantitative estimate of drug-likeness (QED) is 0.677. The molecule has 0 aromatic heterocycles. The summed E-state index contributed by atoms with van der Waals surface area (Å²) in [7, 11) is -2.93. The molecule has 1 saturated heterocycles. The second-order valence-electron chi connectivity index (χ2n) is 4.81. The first-order valence-corrected chi connectivity index (χ1v) is 7.54. The van der Waals surface area contributed by atoms with Gasteiger partial charge >= 0.3 is 0 Å². The molecule has 1 amide bonds. The fourth-order valence-electron chi connectivity index (χ4n) is 2.45. The standard InChI is InChI=1S/C10H18N2O3S/c11-10(3-1-2-4-10)9(13)12-5-7-16(14,15)8-6-12/h1-8,11H2. The number of hydrogen-bond donors (Lipinski definition) is 1. The van der Waals surface area contributed by atoms with Crippen molar-refractivity contribution in [3.05, 3.63) is 0 Å². The van der Waals surface area contributed by atoms with E-state index in [2.05, 4.69) is 0 Å². The van der Waals surface area contributed by atoms with Crippen LogP contribution >= 0.6 is 0 Å². The van der Waals surface area contributed by atoms with Gasteiger partial charge in [0.15, 0.2) is 9.84 Å². The van der Waals surface area contributed by atoms with Crippen molar-refractivity contribution in [3.63, 3.8) is 0 Å². The number of nitrogens with two attached hydrogens (primary N) is 1. The molecule has 0 radical (unpaired) electrons. The molecule has 2 aliphatic rings. The molecule has 0 aromatic carbocycles. The van der Waals surface area contributed by atoms with Crippen LogP contribution in [0, 0.1) is 0 Å². The van der Waals surface area contributed by atoms with E-state index >= 15 is 0 Å². The molecule has 1 aliphatic carbocycles. The van der Waals surface area contributed by atoms with E-state index in [1.165, 1.54) is 0 Å². The number of carbonyl (C=O) groups is 1. The van der Waals surface area contributed by atoms with Crippen LogP contribution in [0.15, 0.2) is 0 Å². The Labute approximate surface area is 95.9 Å². The number of amides is 1. The molecule has 5 nitrogen and oxygen atoms in total. The van der Waals surface area contributed by atoms with Crippen molar-refractivity contribution < 1.29 is 13.2 Å². The predicted octanol–water partition coefficient (Wildman–Crippen LogP) is -0.485. The molecule has 0 atom stereocenters. The molecule has 0 aromatic rings. The maximum atomic E-state index is 12.1. The highest BCUT2D eigenvalue weighted by atomic mass is 32.2. The first-order chi connectivity index (χ1) is 7.43. The van der Waals surface area contributed by atoms with Gasteiger partial charge in [-0.3, -0.25) is 4.79 Å². The van der Waals surface area contributed by atoms with E-state index in [-0.39, 0.29) is 17.4 Å². The molecule has 1 heterocycles. The Morgan fingerprint density at radius 2 is 1.62 bits per heavy atom. The molecule has 2 N–H and O–H groups in total. The fourth-order valence-corrected chi connectivity index (χ4v) is 3.65. The SMILES string of the molecule is NC1(C(=O)N2CCS(=O)(=O)CC2)CCCC1. The summed E-state index contributed by atoms with van der Waals surface area (Å²) in [6, 6.07) is 0. The molecule has 0 bridgehead atoms. The second kappa shape index (κ2) is 4.00. The maximum absolute atomic E-state index is 12.1. The van der Waals surface area contributed by atoms with Gasteiger partial charge in [0.1, 0.15) is 0 Å². The van der Waals surface area contributed by atoms with E-state index in [9.17, 15) is 13.2 Å². The zero-order chi connectivity index (χ0) is 11.8. The fraction of sp³-hybridized carbons (Fsp3) is 0.900. The van der Waals surface area contributed by atoms with Gasteiger partial charge in [0, 0.05) is 13.1 Å². The predicted molar refractivity (Wildman–Crippen MR) is 60.6 cm³/mol. The molecule has 92 valence electrons. The lowest BCUT2D eigenvalue weighted by molar-refractivity contribution is -0.136. The summed E-state index contributed by atoms with van der Waals surface area (Å²) >= 11 is 0. The van der Waals surface area contributed by atoms with Crippen molar-refractivity contribution in [2.45, 2.75) is 31.2 Å². The average Bonchev–Trinajstić information content (AvgIpc) is 2.66. The average molecular weight is 246 g/mol. The Hall–Kier alpha value is -0.620. The zero-order valence-electron chi connectivity index (χ0n) is 9.31. The van der Waals surface area contributed by atoms with E-state index in [1.807, 2.05) is 0 Å². The molecular weight excluding hydrogens is 228 g/mol. The van der Waals surface area contributed by atoms with Crippen molar-refractivity contribution in [1.29, 1.82) is 0 Å². The third-order valence-electron chi connectivity index (χ3n) is 3.55. The summed E-state index contributed by atoms with van der Waals surface area (Å²) < 4.78 is 22.5. The van der Waals surface area contributed by atoms with Crippen LogP contribution in [-0.2, 0) is 14.6 Å². The van der Waals surface area contributed by atoms with E-state index in [0.29, 0.717) is 13.1 Å². The topological polar surface area (TPSA) is 80.5 Å². The Bertz CT molecular complexity index is 371. The minimum Gasteiger partial charge on any atom is -0.339 e. The molecule has 1 saturated carbocycles. The van der Waals surface area contributed by atoms with Crippen LogP contribution in [0.5, 0.6) is 0 Å². The Morgan fingerprint density at radius 3 is 2.12 bits per heavy atom. The highest BCUT2D eigenvalue weighted by Crippen LogP contribution is 2.29. The number of carbonyl (C=O) groups excluding carboxylic acids is 1. The largest absolute Gasteiger partial charge is 0.339 e. The number of rotatable bonds is 1. The van der Waals surface area contributed by atoms with Crippen LogP contribution in [-0.4, -0.2) is 49.4 Å². The van der Waals surface area contributed by atoms with Gasteiger partial charge in [0.25, 0.3) is 0 Å². The van der Waals surface area contributed by atoms with Gasteiger partial charge in [-0.1, -0.05) is 12.8 Å². The summed E-state index contributed by atoms with van der Waals surface area (Å²) in [6.45, 7) is 0.611. The smallest absolute Gasteiger partial charge is 0.242 e. The lowest BCUT2D eigenvalue weighted by Gasteiger charge is -2.33. The summed E-state index contributed by atoms with van der Waals surface area (Å²) in [5, 5.41) is 0. The summed E-state index contributed by atoms with van der Waals surface area (Å²) in [5.41, 5.74) is 5.34. The van der Waals surface area contributed by atoms with Gasteiger partial charge in [-0.2, -0.15) is 0 Å². The van der Waals surface area contributed by atoms with Crippen molar-refractivity contribution in [3.8, 4) is 0 Å². The minimum absolute atomic E-state index is 0.0556. The zero-order valence-corrected chi connectivity index (χ0v) is 10.1.